The van der Waals surface area contributed by atoms with E-state index < -0.39 is 0 Å². The number of nitrogens with zero attached hydrogens (tertiary/aromatic N) is 1. The summed E-state index contributed by atoms with van der Waals surface area (Å²) in [5, 5.41) is 12.4. The lowest BCUT2D eigenvalue weighted by atomic mass is 10.1. The Kier molecular flexibility index (Phi) is 8.02. The van der Waals surface area contributed by atoms with Gasteiger partial charge in [0.25, 0.3) is 0 Å². The molecule has 1 rings (SSSR count). The molecule has 0 aromatic heterocycles. The minimum absolute atomic E-state index is 0.0153. The number of piperidine rings is 1. The van der Waals surface area contributed by atoms with E-state index in [1.807, 2.05) is 4.90 Å². The number of amides is 1. The Morgan fingerprint density at radius 3 is 2.95 bits per heavy atom. The molecule has 1 unspecified atom stereocenters. The maximum atomic E-state index is 11.7. The van der Waals surface area contributed by atoms with Gasteiger partial charge in [-0.3, -0.25) is 9.69 Å². The standard InChI is InChI=1S/C14H28N2O3/c1-12(2)5-8-19-9-6-15-14(18)11-16-7-3-4-13(17)10-16/h12-13,17H,3-11H2,1-2H3,(H,15,18). The van der Waals surface area contributed by atoms with Crippen molar-refractivity contribution >= 4 is 5.91 Å². The van der Waals surface area contributed by atoms with Gasteiger partial charge in [0.1, 0.15) is 0 Å². The number of hydrogen-bond acceptors (Lipinski definition) is 4. The molecule has 1 aliphatic rings. The number of nitrogens with one attached hydrogen (secondary N) is 1. The summed E-state index contributed by atoms with van der Waals surface area (Å²) < 4.78 is 5.43. The van der Waals surface area contributed by atoms with Crippen LogP contribution in [0.5, 0.6) is 0 Å². The van der Waals surface area contributed by atoms with E-state index in [9.17, 15) is 9.90 Å². The topological polar surface area (TPSA) is 61.8 Å². The van der Waals surface area contributed by atoms with Gasteiger partial charge in [0.15, 0.2) is 0 Å². The summed E-state index contributed by atoms with van der Waals surface area (Å²) in [5.74, 6) is 0.668. The molecular formula is C14H28N2O3. The Morgan fingerprint density at radius 2 is 2.26 bits per heavy atom. The van der Waals surface area contributed by atoms with Crippen LogP contribution in [0.25, 0.3) is 0 Å². The predicted molar refractivity (Wildman–Crippen MR) is 75.0 cm³/mol. The van der Waals surface area contributed by atoms with Crippen molar-refractivity contribution in [3.8, 4) is 0 Å². The molecule has 0 spiro atoms. The second kappa shape index (κ2) is 9.28. The van der Waals surface area contributed by atoms with Crippen LogP contribution < -0.4 is 5.32 Å². The van der Waals surface area contributed by atoms with Gasteiger partial charge in [0.2, 0.25) is 5.91 Å². The molecule has 112 valence electrons. The molecule has 0 aromatic carbocycles. The van der Waals surface area contributed by atoms with E-state index in [2.05, 4.69) is 19.2 Å². The smallest absolute Gasteiger partial charge is 0.234 e. The predicted octanol–water partition coefficient (Wildman–Crippen LogP) is 0.622. The summed E-state index contributed by atoms with van der Waals surface area (Å²) in [6.07, 6.45) is 2.59. The first kappa shape index (κ1) is 16.4. The fourth-order valence-electron chi connectivity index (χ4n) is 2.12. The molecule has 19 heavy (non-hydrogen) atoms. The Bertz CT molecular complexity index is 259. The van der Waals surface area contributed by atoms with Crippen LogP contribution in [0.3, 0.4) is 0 Å². The van der Waals surface area contributed by atoms with Gasteiger partial charge in [-0.05, 0) is 31.7 Å². The molecule has 1 atom stereocenters. The highest BCUT2D eigenvalue weighted by Crippen LogP contribution is 2.08. The van der Waals surface area contributed by atoms with Crippen molar-refractivity contribution in [1.29, 1.82) is 0 Å². The average molecular weight is 272 g/mol. The summed E-state index contributed by atoms with van der Waals surface area (Å²) in [4.78, 5) is 13.7. The Labute approximate surface area is 116 Å². The minimum Gasteiger partial charge on any atom is -0.392 e. The molecule has 0 aromatic rings. The number of carbonyl (C=O) groups is 1. The van der Waals surface area contributed by atoms with Crippen molar-refractivity contribution in [2.24, 2.45) is 5.92 Å². The van der Waals surface area contributed by atoms with Gasteiger partial charge in [-0.15, -0.1) is 0 Å². The fourth-order valence-corrected chi connectivity index (χ4v) is 2.12. The molecule has 5 nitrogen and oxygen atoms in total. The van der Waals surface area contributed by atoms with E-state index in [0.717, 1.165) is 32.4 Å². The van der Waals surface area contributed by atoms with Gasteiger partial charge >= 0.3 is 0 Å². The van der Waals surface area contributed by atoms with E-state index in [1.54, 1.807) is 0 Å². The zero-order valence-electron chi connectivity index (χ0n) is 12.2. The Morgan fingerprint density at radius 1 is 1.47 bits per heavy atom. The number of likely N-dealkylation sites (tertiary alicyclic amines) is 1. The number of carbonyl (C=O) groups excluding carboxylic acids is 1. The number of β-amino-alcohol motifs (C(OH)–C–C–N with tert-alkyl or cyclic N) is 1. The lowest BCUT2D eigenvalue weighted by molar-refractivity contribution is -0.123. The molecule has 1 amide bonds. The molecule has 1 fully saturated rings. The van der Waals surface area contributed by atoms with Crippen LogP contribution in [0, 0.1) is 5.92 Å². The molecule has 0 radical (unpaired) electrons. The van der Waals surface area contributed by atoms with E-state index in [1.165, 1.54) is 0 Å². The molecule has 1 heterocycles. The minimum atomic E-state index is -0.277. The number of ether oxygens (including phenoxy) is 1. The largest absolute Gasteiger partial charge is 0.392 e. The van der Waals surface area contributed by atoms with Crippen molar-refractivity contribution in [2.45, 2.75) is 39.2 Å². The van der Waals surface area contributed by atoms with Crippen LogP contribution in [-0.2, 0) is 9.53 Å². The van der Waals surface area contributed by atoms with Crippen molar-refractivity contribution in [1.82, 2.24) is 10.2 Å². The highest BCUT2D eigenvalue weighted by Gasteiger charge is 2.19. The first-order valence-electron chi connectivity index (χ1n) is 7.32. The summed E-state index contributed by atoms with van der Waals surface area (Å²) in [6.45, 7) is 8.10. The fraction of sp³-hybridized carbons (Fsp3) is 0.929. The number of hydrogen-bond donors (Lipinski definition) is 2. The Hall–Kier alpha value is -0.650. The summed E-state index contributed by atoms with van der Waals surface area (Å²) in [7, 11) is 0. The first-order valence-corrected chi connectivity index (χ1v) is 7.32. The van der Waals surface area contributed by atoms with Crippen molar-refractivity contribution in [2.75, 3.05) is 39.4 Å². The first-order chi connectivity index (χ1) is 9.08. The summed E-state index contributed by atoms with van der Waals surface area (Å²) in [6, 6.07) is 0. The van der Waals surface area contributed by atoms with Crippen LogP contribution in [0.1, 0.15) is 33.1 Å². The lowest BCUT2D eigenvalue weighted by Gasteiger charge is -2.29. The Balaban J connectivity index is 1.98. The number of aliphatic hydroxyl groups is 1. The van der Waals surface area contributed by atoms with Crippen LogP contribution in [0.15, 0.2) is 0 Å². The van der Waals surface area contributed by atoms with Crippen LogP contribution in [-0.4, -0.2) is 61.4 Å². The third-order valence-electron chi connectivity index (χ3n) is 3.26. The molecular weight excluding hydrogens is 244 g/mol. The average Bonchev–Trinajstić information content (AvgIpc) is 2.33. The molecule has 2 N–H and O–H groups in total. The zero-order chi connectivity index (χ0) is 14.1. The number of rotatable bonds is 8. The van der Waals surface area contributed by atoms with Crippen molar-refractivity contribution in [3.63, 3.8) is 0 Å². The second-order valence-electron chi connectivity index (χ2n) is 5.68. The quantitative estimate of drug-likeness (QED) is 0.636. The van der Waals surface area contributed by atoms with Gasteiger partial charge in [0, 0.05) is 19.7 Å². The van der Waals surface area contributed by atoms with E-state index in [-0.39, 0.29) is 12.0 Å². The van der Waals surface area contributed by atoms with E-state index in [0.29, 0.717) is 32.2 Å². The van der Waals surface area contributed by atoms with Gasteiger partial charge in [0.05, 0.1) is 19.3 Å². The third kappa shape index (κ3) is 8.18. The molecule has 0 aliphatic carbocycles. The van der Waals surface area contributed by atoms with Gasteiger partial charge < -0.3 is 15.2 Å². The van der Waals surface area contributed by atoms with Gasteiger partial charge in [-0.25, -0.2) is 0 Å². The van der Waals surface area contributed by atoms with E-state index >= 15 is 0 Å². The number of aliphatic hydroxyl groups excluding tert-OH is 1. The van der Waals surface area contributed by atoms with Crippen LogP contribution >= 0.6 is 0 Å². The van der Waals surface area contributed by atoms with E-state index in [4.69, 9.17) is 4.74 Å². The third-order valence-corrected chi connectivity index (χ3v) is 3.26. The summed E-state index contributed by atoms with van der Waals surface area (Å²) in [5.41, 5.74) is 0. The highest BCUT2D eigenvalue weighted by atomic mass is 16.5. The normalized spacial score (nSPS) is 20.7. The van der Waals surface area contributed by atoms with Gasteiger partial charge in [-0.1, -0.05) is 13.8 Å². The zero-order valence-corrected chi connectivity index (χ0v) is 12.2. The molecule has 1 aliphatic heterocycles. The van der Waals surface area contributed by atoms with Crippen LogP contribution in [0.2, 0.25) is 0 Å². The molecule has 5 heteroatoms. The maximum absolute atomic E-state index is 11.7. The van der Waals surface area contributed by atoms with Gasteiger partial charge in [-0.2, -0.15) is 0 Å². The maximum Gasteiger partial charge on any atom is 0.234 e. The highest BCUT2D eigenvalue weighted by molar-refractivity contribution is 5.77. The molecule has 1 saturated heterocycles. The monoisotopic (exact) mass is 272 g/mol. The molecule has 0 saturated carbocycles. The molecule has 0 bridgehead atoms. The second-order valence-corrected chi connectivity index (χ2v) is 5.68. The summed E-state index contributed by atoms with van der Waals surface area (Å²) >= 11 is 0. The van der Waals surface area contributed by atoms with Crippen molar-refractivity contribution in [3.05, 3.63) is 0 Å². The van der Waals surface area contributed by atoms with Crippen LogP contribution in [0.4, 0.5) is 0 Å². The lowest BCUT2D eigenvalue weighted by Crippen LogP contribution is -2.44. The van der Waals surface area contributed by atoms with Crippen molar-refractivity contribution < 1.29 is 14.6 Å². The SMILES string of the molecule is CC(C)CCOCCNC(=O)CN1CCCC(O)C1.